The van der Waals surface area contributed by atoms with E-state index in [-0.39, 0.29) is 18.9 Å². The largest absolute Gasteiger partial charge is 0.465 e. The summed E-state index contributed by atoms with van der Waals surface area (Å²) in [5.74, 6) is 2.27. The second kappa shape index (κ2) is 9.01. The molecule has 1 N–H and O–H groups in total. The number of benzene rings is 2. The fraction of sp³-hybridized carbons (Fsp3) is 0.148. The fourth-order valence-electron chi connectivity index (χ4n) is 4.54. The second-order valence-corrected chi connectivity index (χ2v) is 8.70. The Bertz CT molecular complexity index is 1450. The van der Waals surface area contributed by atoms with Crippen molar-refractivity contribution in [1.29, 1.82) is 0 Å². The van der Waals surface area contributed by atoms with Crippen molar-refractivity contribution in [2.45, 2.75) is 12.1 Å². The summed E-state index contributed by atoms with van der Waals surface area (Å²) in [5, 5.41) is 3.96. The van der Waals surface area contributed by atoms with Gasteiger partial charge in [-0.1, -0.05) is 18.2 Å². The Balaban J connectivity index is 1.42. The van der Waals surface area contributed by atoms with E-state index < -0.39 is 5.97 Å². The van der Waals surface area contributed by atoms with E-state index >= 15 is 0 Å². The quantitative estimate of drug-likeness (QED) is 0.300. The number of nitrogens with one attached hydrogen (secondary N) is 1. The molecule has 36 heavy (non-hydrogen) atoms. The third kappa shape index (κ3) is 3.83. The van der Waals surface area contributed by atoms with Gasteiger partial charge in [-0.05, 0) is 60.7 Å². The maximum Gasteiger partial charge on any atom is 0.337 e. The van der Waals surface area contributed by atoms with Gasteiger partial charge in [0, 0.05) is 23.5 Å². The number of furan rings is 1. The van der Waals surface area contributed by atoms with Crippen LogP contribution in [0.5, 0.6) is 11.5 Å². The van der Waals surface area contributed by atoms with Crippen LogP contribution in [-0.2, 0) is 4.74 Å². The minimum absolute atomic E-state index is 0.188. The van der Waals surface area contributed by atoms with Crippen molar-refractivity contribution in [1.82, 2.24) is 10.3 Å². The van der Waals surface area contributed by atoms with Crippen LogP contribution >= 0.6 is 12.2 Å². The Labute approximate surface area is 212 Å². The highest BCUT2D eigenvalue weighted by Gasteiger charge is 2.43. The van der Waals surface area contributed by atoms with Gasteiger partial charge in [0.25, 0.3) is 0 Å². The Kier molecular flexibility index (Phi) is 5.54. The van der Waals surface area contributed by atoms with Crippen LogP contribution in [0, 0.1) is 0 Å². The van der Waals surface area contributed by atoms with Crippen molar-refractivity contribution in [3.8, 4) is 22.8 Å². The molecule has 4 aromatic rings. The number of fused-ring (bicyclic) bond motifs is 1. The molecule has 2 aromatic heterocycles. The molecule has 1 fully saturated rings. The molecule has 0 aliphatic carbocycles. The Morgan fingerprint density at radius 2 is 1.94 bits per heavy atom. The van der Waals surface area contributed by atoms with Gasteiger partial charge in [0.2, 0.25) is 6.79 Å². The lowest BCUT2D eigenvalue weighted by molar-refractivity contribution is 0.0600. The molecular weight excluding hydrogens is 478 g/mol. The maximum absolute atomic E-state index is 12.0. The first-order valence-corrected chi connectivity index (χ1v) is 11.7. The molecule has 0 unspecified atom stereocenters. The average molecular weight is 500 g/mol. The fourth-order valence-corrected chi connectivity index (χ4v) is 4.89. The molecule has 0 spiro atoms. The standard InChI is InChI=1S/C27H21N3O5S/c1-32-26(31)17-6-4-5-16(13-17)20-10-11-22(35-20)25-24(19-7-2-3-12-28-19)29-27(36)30(25)18-8-9-21-23(14-18)34-15-33-21/h2-14,24-25H,15H2,1H3,(H,29,36)/t24-,25-/m0/s1. The highest BCUT2D eigenvalue weighted by atomic mass is 32.1. The van der Waals surface area contributed by atoms with Gasteiger partial charge in [-0.2, -0.15) is 0 Å². The van der Waals surface area contributed by atoms with Crippen molar-refractivity contribution < 1.29 is 23.4 Å². The van der Waals surface area contributed by atoms with Crippen molar-refractivity contribution in [3.63, 3.8) is 0 Å². The van der Waals surface area contributed by atoms with E-state index in [4.69, 9.17) is 30.8 Å². The van der Waals surface area contributed by atoms with Crippen LogP contribution in [0.4, 0.5) is 5.69 Å². The number of nitrogens with zero attached hydrogens (tertiary/aromatic N) is 2. The molecule has 0 amide bonds. The van der Waals surface area contributed by atoms with Gasteiger partial charge in [-0.15, -0.1) is 0 Å². The second-order valence-electron chi connectivity index (χ2n) is 8.31. The molecule has 2 aliphatic rings. The van der Waals surface area contributed by atoms with Crippen molar-refractivity contribution in [2.24, 2.45) is 0 Å². The SMILES string of the molecule is COC(=O)c1cccc(-c2ccc([C@H]3[C@H](c4ccccn4)NC(=S)N3c3ccc4c(c3)OCO4)o2)c1. The lowest BCUT2D eigenvalue weighted by Gasteiger charge is -2.26. The summed E-state index contributed by atoms with van der Waals surface area (Å²) in [7, 11) is 1.36. The predicted molar refractivity (Wildman–Crippen MR) is 136 cm³/mol. The molecule has 2 aromatic carbocycles. The first kappa shape index (κ1) is 22.1. The number of carbonyl (C=O) groups is 1. The van der Waals surface area contributed by atoms with E-state index in [9.17, 15) is 4.79 Å². The topological polar surface area (TPSA) is 86.1 Å². The van der Waals surface area contributed by atoms with E-state index in [2.05, 4.69) is 10.3 Å². The van der Waals surface area contributed by atoms with Crippen molar-refractivity contribution in [3.05, 3.63) is 96.0 Å². The number of rotatable bonds is 5. The zero-order chi connectivity index (χ0) is 24.6. The van der Waals surface area contributed by atoms with Gasteiger partial charge in [-0.25, -0.2) is 4.79 Å². The van der Waals surface area contributed by atoms with Crippen LogP contribution < -0.4 is 19.7 Å². The van der Waals surface area contributed by atoms with E-state index in [0.29, 0.717) is 33.7 Å². The molecule has 1 saturated heterocycles. The summed E-state index contributed by atoms with van der Waals surface area (Å²) >= 11 is 5.79. The molecule has 8 nitrogen and oxygen atoms in total. The molecule has 9 heteroatoms. The number of ether oxygens (including phenoxy) is 3. The molecule has 0 saturated carbocycles. The number of hydrogen-bond acceptors (Lipinski definition) is 7. The van der Waals surface area contributed by atoms with E-state index in [1.807, 2.05) is 59.5 Å². The van der Waals surface area contributed by atoms with Crippen LogP contribution in [0.2, 0.25) is 0 Å². The Morgan fingerprint density at radius 3 is 2.78 bits per heavy atom. The van der Waals surface area contributed by atoms with Crippen LogP contribution in [0.3, 0.4) is 0 Å². The monoisotopic (exact) mass is 499 g/mol. The number of anilines is 1. The van der Waals surface area contributed by atoms with Gasteiger partial charge in [0.05, 0.1) is 24.4 Å². The first-order valence-electron chi connectivity index (χ1n) is 11.3. The van der Waals surface area contributed by atoms with Crippen LogP contribution in [0.25, 0.3) is 11.3 Å². The molecule has 2 aliphatic heterocycles. The van der Waals surface area contributed by atoms with Crippen LogP contribution in [0.15, 0.2) is 83.4 Å². The summed E-state index contributed by atoms with van der Waals surface area (Å²) in [6.45, 7) is 0.188. The Hall–Kier alpha value is -4.37. The van der Waals surface area contributed by atoms with Crippen molar-refractivity contribution in [2.75, 3.05) is 18.8 Å². The smallest absolute Gasteiger partial charge is 0.337 e. The van der Waals surface area contributed by atoms with Crippen LogP contribution in [0.1, 0.15) is 33.9 Å². The summed E-state index contributed by atoms with van der Waals surface area (Å²) in [6.07, 6.45) is 1.76. The van der Waals surface area contributed by atoms with E-state index in [1.54, 1.807) is 24.4 Å². The van der Waals surface area contributed by atoms with Crippen molar-refractivity contribution >= 4 is 29.0 Å². The highest BCUT2D eigenvalue weighted by Crippen LogP contribution is 2.45. The van der Waals surface area contributed by atoms with Gasteiger partial charge >= 0.3 is 5.97 Å². The molecule has 0 bridgehead atoms. The number of aromatic nitrogens is 1. The summed E-state index contributed by atoms with van der Waals surface area (Å²) in [4.78, 5) is 18.6. The zero-order valence-corrected chi connectivity index (χ0v) is 20.0. The van der Waals surface area contributed by atoms with Gasteiger partial charge < -0.3 is 28.8 Å². The average Bonchev–Trinajstić information content (AvgIpc) is 3.66. The molecule has 0 radical (unpaired) electrons. The minimum atomic E-state index is -0.404. The van der Waals surface area contributed by atoms with Crippen LogP contribution in [-0.4, -0.2) is 30.0 Å². The Morgan fingerprint density at radius 1 is 1.06 bits per heavy atom. The number of carbonyl (C=O) groups excluding carboxylic acids is 1. The van der Waals surface area contributed by atoms with Gasteiger partial charge in [-0.3, -0.25) is 4.98 Å². The number of thiocarbonyl (C=S) groups is 1. The summed E-state index contributed by atoms with van der Waals surface area (Å²) < 4.78 is 22.3. The molecule has 2 atom stereocenters. The third-order valence-corrected chi connectivity index (χ3v) is 6.53. The summed E-state index contributed by atoms with van der Waals surface area (Å²) in [5.41, 5.74) is 2.89. The van der Waals surface area contributed by atoms with E-state index in [1.165, 1.54) is 7.11 Å². The number of pyridine rings is 1. The predicted octanol–water partition coefficient (Wildman–Crippen LogP) is 5.03. The number of esters is 1. The maximum atomic E-state index is 12.0. The number of methoxy groups -OCH3 is 1. The molecule has 180 valence electrons. The molecule has 6 rings (SSSR count). The lowest BCUT2D eigenvalue weighted by Crippen LogP contribution is -2.29. The molecule has 4 heterocycles. The van der Waals surface area contributed by atoms with E-state index in [0.717, 1.165) is 16.9 Å². The number of hydrogen-bond donors (Lipinski definition) is 1. The van der Waals surface area contributed by atoms with Gasteiger partial charge in [0.15, 0.2) is 16.6 Å². The lowest BCUT2D eigenvalue weighted by atomic mass is 10.0. The minimum Gasteiger partial charge on any atom is -0.465 e. The third-order valence-electron chi connectivity index (χ3n) is 6.22. The first-order chi connectivity index (χ1) is 17.6. The highest BCUT2D eigenvalue weighted by molar-refractivity contribution is 7.80. The zero-order valence-electron chi connectivity index (χ0n) is 19.2. The molecular formula is C27H21N3O5S. The normalized spacial score (nSPS) is 18.2. The van der Waals surface area contributed by atoms with Gasteiger partial charge in [0.1, 0.15) is 17.6 Å². The summed E-state index contributed by atoms with van der Waals surface area (Å²) in [6, 6.07) is 21.9.